The van der Waals surface area contributed by atoms with Gasteiger partial charge in [0.05, 0.1) is 16.0 Å². The maximum atomic E-state index is 12.2. The van der Waals surface area contributed by atoms with Crippen LogP contribution >= 0.6 is 11.3 Å². The largest absolute Gasteiger partial charge is 0.378 e. The van der Waals surface area contributed by atoms with E-state index in [0.29, 0.717) is 10.4 Å². The average molecular weight is 296 g/mol. The highest BCUT2D eigenvalue weighted by Crippen LogP contribution is 2.51. The molecule has 1 aromatic rings. The average Bonchev–Trinajstić information content (AvgIpc) is 2.87. The van der Waals surface area contributed by atoms with Gasteiger partial charge in [-0.15, -0.1) is 11.3 Å². The Kier molecular flexibility index (Phi) is 3.64. The number of nitrogens with two attached hydrogens (primary N) is 1. The van der Waals surface area contributed by atoms with Gasteiger partial charge in [-0.25, -0.2) is 0 Å². The maximum Gasteiger partial charge on any atom is 0.261 e. The first-order chi connectivity index (χ1) is 9.21. The molecule has 1 aromatic heterocycles. The van der Waals surface area contributed by atoms with E-state index < -0.39 is 5.91 Å². The van der Waals surface area contributed by atoms with Crippen molar-refractivity contribution in [1.29, 1.82) is 0 Å². The smallest absolute Gasteiger partial charge is 0.261 e. The van der Waals surface area contributed by atoms with E-state index in [1.165, 1.54) is 17.4 Å². The molecule has 1 aliphatic carbocycles. The standard InChI is InChI=1S/C14H20N2O3S/c1-13(2)10(6-14(13,3)19-4)16-12(18)9-5-8(7-20-9)11(15)17/h5,7,10H,6H2,1-4H3,(H2,15,17)(H,16,18). The van der Waals surface area contributed by atoms with Gasteiger partial charge in [0.1, 0.15) is 0 Å². The molecule has 2 unspecified atom stereocenters. The number of hydrogen-bond donors (Lipinski definition) is 2. The highest BCUT2D eigenvalue weighted by molar-refractivity contribution is 7.12. The van der Waals surface area contributed by atoms with Crippen LogP contribution in [-0.2, 0) is 4.74 Å². The van der Waals surface area contributed by atoms with Gasteiger partial charge >= 0.3 is 0 Å². The molecular formula is C14H20N2O3S. The lowest BCUT2D eigenvalue weighted by Crippen LogP contribution is -2.68. The molecule has 6 heteroatoms. The number of carbonyl (C=O) groups excluding carboxylic acids is 2. The lowest BCUT2D eigenvalue weighted by Gasteiger charge is -2.59. The zero-order valence-corrected chi connectivity index (χ0v) is 13.0. The molecular weight excluding hydrogens is 276 g/mol. The highest BCUT2D eigenvalue weighted by Gasteiger charge is 2.58. The summed E-state index contributed by atoms with van der Waals surface area (Å²) >= 11 is 1.22. The third-order valence-electron chi connectivity index (χ3n) is 4.69. The predicted molar refractivity (Wildman–Crippen MR) is 77.9 cm³/mol. The van der Waals surface area contributed by atoms with Gasteiger partial charge in [-0.05, 0) is 19.4 Å². The molecule has 5 nitrogen and oxygen atoms in total. The van der Waals surface area contributed by atoms with E-state index in [2.05, 4.69) is 19.2 Å². The van der Waals surface area contributed by atoms with Crippen LogP contribution in [0, 0.1) is 5.41 Å². The van der Waals surface area contributed by atoms with Crippen molar-refractivity contribution in [3.05, 3.63) is 21.9 Å². The number of carbonyl (C=O) groups is 2. The van der Waals surface area contributed by atoms with E-state index in [1.807, 2.05) is 6.92 Å². The van der Waals surface area contributed by atoms with Crippen LogP contribution in [0.25, 0.3) is 0 Å². The number of rotatable bonds is 4. The molecule has 20 heavy (non-hydrogen) atoms. The number of nitrogens with one attached hydrogen (secondary N) is 1. The van der Waals surface area contributed by atoms with Gasteiger partial charge in [-0.1, -0.05) is 13.8 Å². The quantitative estimate of drug-likeness (QED) is 0.888. The van der Waals surface area contributed by atoms with Crippen LogP contribution in [0.2, 0.25) is 0 Å². The Balaban J connectivity index is 2.04. The number of thiophene rings is 1. The van der Waals surface area contributed by atoms with Crippen molar-refractivity contribution < 1.29 is 14.3 Å². The number of amides is 2. The fourth-order valence-electron chi connectivity index (χ4n) is 2.54. The number of ether oxygens (including phenoxy) is 1. The number of methoxy groups -OCH3 is 1. The van der Waals surface area contributed by atoms with Crippen LogP contribution in [0.15, 0.2) is 11.4 Å². The molecule has 0 saturated heterocycles. The van der Waals surface area contributed by atoms with Crippen molar-refractivity contribution in [3.63, 3.8) is 0 Å². The summed E-state index contributed by atoms with van der Waals surface area (Å²) in [6.07, 6.45) is 0.774. The van der Waals surface area contributed by atoms with Crippen LogP contribution in [0.1, 0.15) is 47.2 Å². The molecule has 1 heterocycles. The lowest BCUT2D eigenvalue weighted by molar-refractivity contribution is -0.177. The molecule has 1 fully saturated rings. The van der Waals surface area contributed by atoms with E-state index in [4.69, 9.17) is 10.5 Å². The van der Waals surface area contributed by atoms with Crippen LogP contribution in [0.3, 0.4) is 0 Å². The van der Waals surface area contributed by atoms with E-state index in [-0.39, 0.29) is 23.0 Å². The third kappa shape index (κ3) is 2.23. The molecule has 0 aliphatic heterocycles. The molecule has 110 valence electrons. The minimum Gasteiger partial charge on any atom is -0.378 e. The third-order valence-corrected chi connectivity index (χ3v) is 5.62. The lowest BCUT2D eigenvalue weighted by atomic mass is 9.56. The molecule has 0 aromatic carbocycles. The molecule has 2 atom stereocenters. The fraction of sp³-hybridized carbons (Fsp3) is 0.571. The van der Waals surface area contributed by atoms with Crippen molar-refractivity contribution in [2.75, 3.05) is 7.11 Å². The van der Waals surface area contributed by atoms with Crippen LogP contribution in [0.4, 0.5) is 0 Å². The Labute approximate surface area is 122 Å². The molecule has 3 N–H and O–H groups in total. The Bertz CT molecular complexity index is 552. The van der Waals surface area contributed by atoms with Crippen LogP contribution < -0.4 is 11.1 Å². The zero-order valence-electron chi connectivity index (χ0n) is 12.1. The molecule has 1 saturated carbocycles. The zero-order chi connectivity index (χ0) is 15.1. The second-order valence-corrected chi connectivity index (χ2v) is 6.86. The van der Waals surface area contributed by atoms with Gasteiger partial charge in [-0.2, -0.15) is 0 Å². The second kappa shape index (κ2) is 4.86. The van der Waals surface area contributed by atoms with Gasteiger partial charge in [-0.3, -0.25) is 9.59 Å². The maximum absolute atomic E-state index is 12.2. The number of hydrogen-bond acceptors (Lipinski definition) is 4. The van der Waals surface area contributed by atoms with Gasteiger partial charge in [0, 0.05) is 23.9 Å². The summed E-state index contributed by atoms with van der Waals surface area (Å²) in [7, 11) is 1.69. The second-order valence-electron chi connectivity index (χ2n) is 5.95. The van der Waals surface area contributed by atoms with Crippen molar-refractivity contribution in [2.24, 2.45) is 11.1 Å². The van der Waals surface area contributed by atoms with Crippen LogP contribution in [0.5, 0.6) is 0 Å². The summed E-state index contributed by atoms with van der Waals surface area (Å²) < 4.78 is 5.53. The number of primary amides is 1. The van der Waals surface area contributed by atoms with E-state index in [0.717, 1.165) is 6.42 Å². The van der Waals surface area contributed by atoms with E-state index in [1.54, 1.807) is 12.5 Å². The van der Waals surface area contributed by atoms with Crippen molar-refractivity contribution in [3.8, 4) is 0 Å². The molecule has 2 rings (SSSR count). The molecule has 0 spiro atoms. The normalized spacial score (nSPS) is 27.7. The Morgan fingerprint density at radius 2 is 2.10 bits per heavy atom. The van der Waals surface area contributed by atoms with Gasteiger partial charge < -0.3 is 15.8 Å². The molecule has 0 radical (unpaired) electrons. The van der Waals surface area contributed by atoms with Crippen molar-refractivity contribution in [1.82, 2.24) is 5.32 Å². The minimum absolute atomic E-state index is 0.0547. The van der Waals surface area contributed by atoms with Crippen LogP contribution in [-0.4, -0.2) is 30.6 Å². The SMILES string of the molecule is COC1(C)CC(NC(=O)c2cc(C(N)=O)cs2)C1(C)C. The highest BCUT2D eigenvalue weighted by atomic mass is 32.1. The minimum atomic E-state index is -0.517. The Hall–Kier alpha value is -1.40. The first-order valence-corrected chi connectivity index (χ1v) is 7.33. The molecule has 1 aliphatic rings. The fourth-order valence-corrected chi connectivity index (χ4v) is 3.34. The monoisotopic (exact) mass is 296 g/mol. The summed E-state index contributed by atoms with van der Waals surface area (Å²) in [5.74, 6) is -0.685. The molecule has 2 amide bonds. The Morgan fingerprint density at radius 3 is 2.55 bits per heavy atom. The van der Waals surface area contributed by atoms with E-state index >= 15 is 0 Å². The summed E-state index contributed by atoms with van der Waals surface area (Å²) in [5, 5.41) is 4.60. The van der Waals surface area contributed by atoms with Crippen molar-refractivity contribution in [2.45, 2.75) is 38.8 Å². The van der Waals surface area contributed by atoms with Gasteiger partial charge in [0.2, 0.25) is 5.91 Å². The van der Waals surface area contributed by atoms with Gasteiger partial charge in [0.25, 0.3) is 5.91 Å². The summed E-state index contributed by atoms with van der Waals surface area (Å²) in [5.41, 5.74) is 5.19. The van der Waals surface area contributed by atoms with E-state index in [9.17, 15) is 9.59 Å². The summed E-state index contributed by atoms with van der Waals surface area (Å²) in [4.78, 5) is 23.7. The summed E-state index contributed by atoms with van der Waals surface area (Å²) in [6, 6.07) is 1.59. The first-order valence-electron chi connectivity index (χ1n) is 6.45. The topological polar surface area (TPSA) is 81.4 Å². The predicted octanol–water partition coefficient (Wildman–Crippen LogP) is 1.78. The van der Waals surface area contributed by atoms with Gasteiger partial charge in [0.15, 0.2) is 0 Å². The van der Waals surface area contributed by atoms with Crippen molar-refractivity contribution >= 4 is 23.2 Å². The molecule has 0 bridgehead atoms. The first kappa shape index (κ1) is 15.0. The summed E-state index contributed by atoms with van der Waals surface area (Å²) in [6.45, 7) is 6.20. The Morgan fingerprint density at radius 1 is 1.45 bits per heavy atom.